The zero-order valence-corrected chi connectivity index (χ0v) is 16.5. The molecule has 1 spiro atoms. The van der Waals surface area contributed by atoms with Crippen molar-refractivity contribution in [2.75, 3.05) is 56.7 Å². The van der Waals surface area contributed by atoms with Crippen LogP contribution in [0.5, 0.6) is 0 Å². The van der Waals surface area contributed by atoms with Crippen molar-refractivity contribution >= 4 is 23.3 Å². The van der Waals surface area contributed by atoms with E-state index in [1.165, 1.54) is 0 Å². The minimum atomic E-state index is -0.651. The summed E-state index contributed by atoms with van der Waals surface area (Å²) in [5, 5.41) is 3.50. The Labute approximate surface area is 161 Å². The number of fused-ring (bicyclic) bond motifs is 1. The summed E-state index contributed by atoms with van der Waals surface area (Å²) in [6.45, 7) is 7.55. The summed E-state index contributed by atoms with van der Waals surface area (Å²) in [6.07, 6.45) is 1.22. The normalized spacial score (nSPS) is 18.3. The minimum Gasteiger partial charge on any atom is -0.383 e. The number of likely N-dealkylation sites (tertiary alicyclic amines) is 1. The van der Waals surface area contributed by atoms with Gasteiger partial charge in [0.1, 0.15) is 5.54 Å². The molecular weight excluding hydrogens is 344 g/mol. The van der Waals surface area contributed by atoms with Gasteiger partial charge in [-0.15, -0.1) is 0 Å². The van der Waals surface area contributed by atoms with Crippen molar-refractivity contribution in [1.82, 2.24) is 9.80 Å². The summed E-state index contributed by atoms with van der Waals surface area (Å²) >= 11 is 0. The van der Waals surface area contributed by atoms with Crippen molar-refractivity contribution in [2.24, 2.45) is 0 Å². The molecule has 2 aliphatic heterocycles. The zero-order valence-electron chi connectivity index (χ0n) is 16.5. The maximum Gasteiger partial charge on any atom is 0.319 e. The number of urea groups is 1. The van der Waals surface area contributed by atoms with E-state index < -0.39 is 5.54 Å². The third-order valence-corrected chi connectivity index (χ3v) is 5.66. The van der Waals surface area contributed by atoms with Crippen LogP contribution in [0.4, 0.5) is 16.2 Å². The molecule has 3 rings (SSSR count). The average molecular weight is 374 g/mol. The number of hydrogen-bond acceptors (Lipinski definition) is 4. The molecule has 2 heterocycles. The molecule has 0 saturated carbocycles. The van der Waals surface area contributed by atoms with Gasteiger partial charge in [-0.05, 0) is 38.8 Å². The van der Waals surface area contributed by atoms with Crippen LogP contribution in [0.15, 0.2) is 24.3 Å². The number of piperidine rings is 1. The molecule has 0 radical (unpaired) electrons. The molecule has 27 heavy (non-hydrogen) atoms. The fourth-order valence-corrected chi connectivity index (χ4v) is 4.01. The van der Waals surface area contributed by atoms with Crippen LogP contribution in [0.1, 0.15) is 26.7 Å². The number of nitrogens with one attached hydrogen (secondary N) is 1. The van der Waals surface area contributed by atoms with Crippen LogP contribution in [-0.2, 0) is 9.53 Å². The Bertz CT molecular complexity index is 682. The van der Waals surface area contributed by atoms with Gasteiger partial charge >= 0.3 is 6.03 Å². The first-order valence-electron chi connectivity index (χ1n) is 9.78. The topological polar surface area (TPSA) is 65.1 Å². The molecule has 1 fully saturated rings. The number of nitrogens with zero attached hydrogens (tertiary/aromatic N) is 3. The number of rotatable bonds is 5. The molecule has 148 valence electrons. The predicted molar refractivity (Wildman–Crippen MR) is 106 cm³/mol. The first-order chi connectivity index (χ1) is 13.1. The molecule has 1 aromatic rings. The van der Waals surface area contributed by atoms with Crippen LogP contribution < -0.4 is 10.2 Å². The molecule has 1 aromatic carbocycles. The first kappa shape index (κ1) is 19.5. The zero-order chi connectivity index (χ0) is 19.4. The Hall–Kier alpha value is -2.28. The number of carbonyl (C=O) groups excluding carboxylic acids is 2. The Balaban J connectivity index is 1.79. The van der Waals surface area contributed by atoms with Gasteiger partial charge in [0.2, 0.25) is 0 Å². The summed E-state index contributed by atoms with van der Waals surface area (Å²) in [6, 6.07) is 7.95. The fourth-order valence-electron chi connectivity index (χ4n) is 4.01. The number of methoxy groups -OCH3 is 1. The molecule has 0 bridgehead atoms. The summed E-state index contributed by atoms with van der Waals surface area (Å²) in [5.41, 5.74) is 1.21. The van der Waals surface area contributed by atoms with Crippen molar-refractivity contribution in [3.63, 3.8) is 0 Å². The van der Waals surface area contributed by atoms with E-state index in [2.05, 4.69) is 5.32 Å². The molecule has 0 aliphatic carbocycles. The number of amides is 3. The van der Waals surface area contributed by atoms with Crippen LogP contribution in [-0.4, -0.2) is 73.7 Å². The molecule has 0 unspecified atom stereocenters. The second-order valence-corrected chi connectivity index (χ2v) is 7.12. The lowest BCUT2D eigenvalue weighted by Gasteiger charge is -2.48. The molecule has 2 aliphatic rings. The number of ether oxygens (including phenoxy) is 1. The van der Waals surface area contributed by atoms with Gasteiger partial charge in [-0.25, -0.2) is 4.79 Å². The first-order valence-corrected chi connectivity index (χ1v) is 9.78. The largest absolute Gasteiger partial charge is 0.383 e. The van der Waals surface area contributed by atoms with Crippen molar-refractivity contribution in [2.45, 2.75) is 32.2 Å². The van der Waals surface area contributed by atoms with Gasteiger partial charge in [-0.3, -0.25) is 4.79 Å². The summed E-state index contributed by atoms with van der Waals surface area (Å²) in [5.74, 6) is 0.0770. The monoisotopic (exact) mass is 374 g/mol. The highest BCUT2D eigenvalue weighted by molar-refractivity contribution is 6.08. The molecule has 7 heteroatoms. The second-order valence-electron chi connectivity index (χ2n) is 7.12. The highest BCUT2D eigenvalue weighted by Crippen LogP contribution is 2.39. The predicted octanol–water partition coefficient (Wildman–Crippen LogP) is 2.39. The lowest BCUT2D eigenvalue weighted by atomic mass is 9.83. The van der Waals surface area contributed by atoms with Crippen LogP contribution in [0, 0.1) is 0 Å². The fraction of sp³-hybridized carbons (Fsp3) is 0.600. The Morgan fingerprint density at radius 3 is 2.52 bits per heavy atom. The lowest BCUT2D eigenvalue weighted by molar-refractivity contribution is -0.124. The van der Waals surface area contributed by atoms with E-state index in [9.17, 15) is 9.59 Å². The highest BCUT2D eigenvalue weighted by atomic mass is 16.5. The van der Waals surface area contributed by atoms with Gasteiger partial charge in [-0.2, -0.15) is 0 Å². The van der Waals surface area contributed by atoms with Gasteiger partial charge in [-0.1, -0.05) is 12.1 Å². The van der Waals surface area contributed by atoms with E-state index in [1.54, 1.807) is 7.11 Å². The van der Waals surface area contributed by atoms with E-state index >= 15 is 0 Å². The number of para-hydroxylation sites is 2. The molecule has 1 N–H and O–H groups in total. The van der Waals surface area contributed by atoms with Crippen LogP contribution >= 0.6 is 0 Å². The Kier molecular flexibility index (Phi) is 5.89. The van der Waals surface area contributed by atoms with Crippen LogP contribution in [0.2, 0.25) is 0 Å². The number of hydrogen-bond donors (Lipinski definition) is 1. The summed E-state index contributed by atoms with van der Waals surface area (Å²) in [7, 11) is 1.64. The summed E-state index contributed by atoms with van der Waals surface area (Å²) < 4.78 is 5.21. The van der Waals surface area contributed by atoms with E-state index in [4.69, 9.17) is 4.74 Å². The van der Waals surface area contributed by atoms with Gasteiger partial charge in [0.25, 0.3) is 5.91 Å². The molecule has 7 nitrogen and oxygen atoms in total. The average Bonchev–Trinajstić information content (AvgIpc) is 2.70. The Morgan fingerprint density at radius 2 is 1.89 bits per heavy atom. The van der Waals surface area contributed by atoms with Crippen molar-refractivity contribution in [3.05, 3.63) is 24.3 Å². The van der Waals surface area contributed by atoms with E-state index in [0.717, 1.165) is 11.4 Å². The maximum absolute atomic E-state index is 13.4. The van der Waals surface area contributed by atoms with Crippen molar-refractivity contribution in [3.8, 4) is 0 Å². The quantitative estimate of drug-likeness (QED) is 0.859. The van der Waals surface area contributed by atoms with Gasteiger partial charge in [0.05, 0.1) is 18.0 Å². The molecule has 3 amide bonds. The van der Waals surface area contributed by atoms with Gasteiger partial charge < -0.3 is 24.8 Å². The van der Waals surface area contributed by atoms with Crippen molar-refractivity contribution in [1.29, 1.82) is 0 Å². The van der Waals surface area contributed by atoms with E-state index in [1.807, 2.05) is 52.8 Å². The molecule has 0 atom stereocenters. The standard InChI is InChI=1S/C20H30N4O3/c1-4-22(5-2)19(26)23-12-10-20(11-13-23)18(25)24(14-15-27-3)17-9-7-6-8-16(17)21-20/h6-9,21H,4-5,10-15H2,1-3H3. The second kappa shape index (κ2) is 8.17. The highest BCUT2D eigenvalue weighted by Gasteiger charge is 2.48. The number of benzene rings is 1. The minimum absolute atomic E-state index is 0.0646. The molecular formula is C20H30N4O3. The number of anilines is 2. The van der Waals surface area contributed by atoms with Crippen molar-refractivity contribution < 1.29 is 14.3 Å². The lowest BCUT2D eigenvalue weighted by Crippen LogP contribution is -2.63. The Morgan fingerprint density at radius 1 is 1.22 bits per heavy atom. The third-order valence-electron chi connectivity index (χ3n) is 5.66. The van der Waals surface area contributed by atoms with Gasteiger partial charge in [0, 0.05) is 39.8 Å². The SMILES string of the molecule is CCN(CC)C(=O)N1CCC2(CC1)Nc1ccccc1N(CCOC)C2=O. The third kappa shape index (κ3) is 3.60. The molecule has 0 aromatic heterocycles. The van der Waals surface area contributed by atoms with E-state index in [0.29, 0.717) is 52.2 Å². The van der Waals surface area contributed by atoms with E-state index in [-0.39, 0.29) is 11.9 Å². The number of carbonyl (C=O) groups is 2. The smallest absolute Gasteiger partial charge is 0.319 e. The van der Waals surface area contributed by atoms with Gasteiger partial charge in [0.15, 0.2) is 0 Å². The maximum atomic E-state index is 13.4. The van der Waals surface area contributed by atoms with Crippen LogP contribution in [0.25, 0.3) is 0 Å². The summed E-state index contributed by atoms with van der Waals surface area (Å²) in [4.78, 5) is 31.6. The van der Waals surface area contributed by atoms with Crippen LogP contribution in [0.3, 0.4) is 0 Å². The molecule has 1 saturated heterocycles.